The number of likely N-dealkylation sites (N-methyl/N-ethyl adjacent to an activating group) is 1. The first-order valence-corrected chi connectivity index (χ1v) is 5.77. The second-order valence-electron chi connectivity index (χ2n) is 3.70. The minimum absolute atomic E-state index is 0.0277. The van der Waals surface area contributed by atoms with Crippen LogP contribution in [0, 0.1) is 0 Å². The summed E-state index contributed by atoms with van der Waals surface area (Å²) >= 11 is 3.43. The Morgan fingerprint density at radius 3 is 2.88 bits per heavy atom. The van der Waals surface area contributed by atoms with Gasteiger partial charge >= 0.3 is 6.03 Å². The van der Waals surface area contributed by atoms with E-state index in [4.69, 9.17) is 4.74 Å². The monoisotopic (exact) mass is 284 g/mol. The topological polar surface area (TPSA) is 41.6 Å². The van der Waals surface area contributed by atoms with Crippen molar-refractivity contribution in [3.8, 4) is 5.75 Å². The lowest BCUT2D eigenvalue weighted by molar-refractivity contribution is 0.216. The van der Waals surface area contributed by atoms with Crippen LogP contribution in [0.25, 0.3) is 0 Å². The summed E-state index contributed by atoms with van der Waals surface area (Å²) in [7, 11) is 3.42. The zero-order valence-corrected chi connectivity index (χ0v) is 10.7. The molecule has 0 radical (unpaired) electrons. The van der Waals surface area contributed by atoms with Crippen molar-refractivity contribution in [1.29, 1.82) is 0 Å². The maximum atomic E-state index is 11.4. The first-order chi connectivity index (χ1) is 7.63. The van der Waals surface area contributed by atoms with Gasteiger partial charge in [-0.15, -0.1) is 0 Å². The van der Waals surface area contributed by atoms with E-state index in [2.05, 4.69) is 21.2 Å². The molecule has 0 aliphatic carbocycles. The molecule has 1 aromatic carbocycles. The third-order valence-electron chi connectivity index (χ3n) is 2.79. The maximum Gasteiger partial charge on any atom is 0.317 e. The van der Waals surface area contributed by atoms with Crippen molar-refractivity contribution >= 4 is 22.0 Å². The minimum atomic E-state index is -0.0490. The summed E-state index contributed by atoms with van der Waals surface area (Å²) in [5, 5.41) is 2.80. The summed E-state index contributed by atoms with van der Waals surface area (Å²) < 4.78 is 6.29. The summed E-state index contributed by atoms with van der Waals surface area (Å²) in [6.07, 6.45) is 0. The van der Waals surface area contributed by atoms with Gasteiger partial charge in [-0.3, -0.25) is 0 Å². The highest BCUT2D eigenvalue weighted by Gasteiger charge is 2.30. The van der Waals surface area contributed by atoms with Crippen molar-refractivity contribution in [1.82, 2.24) is 10.2 Å². The number of methoxy groups -OCH3 is 1. The maximum absolute atomic E-state index is 11.4. The van der Waals surface area contributed by atoms with Gasteiger partial charge < -0.3 is 15.0 Å². The Labute approximate surface area is 103 Å². The van der Waals surface area contributed by atoms with Crippen molar-refractivity contribution in [3.63, 3.8) is 0 Å². The molecule has 1 unspecified atom stereocenters. The molecule has 1 fully saturated rings. The molecule has 1 aromatic rings. The van der Waals surface area contributed by atoms with Crippen molar-refractivity contribution in [2.45, 2.75) is 6.04 Å². The molecule has 0 spiro atoms. The molecule has 0 saturated carbocycles. The Kier molecular flexibility index (Phi) is 3.05. The highest BCUT2D eigenvalue weighted by molar-refractivity contribution is 9.10. The summed E-state index contributed by atoms with van der Waals surface area (Å²) in [4.78, 5) is 13.1. The van der Waals surface area contributed by atoms with Gasteiger partial charge in [0.2, 0.25) is 0 Å². The molecule has 4 nitrogen and oxygen atoms in total. The number of amides is 2. The molecule has 1 aliphatic heterocycles. The molecule has 1 heterocycles. The largest absolute Gasteiger partial charge is 0.496 e. The van der Waals surface area contributed by atoms with E-state index in [1.165, 1.54) is 0 Å². The number of carbonyl (C=O) groups is 1. The number of nitrogens with zero attached hydrogens (tertiary/aromatic N) is 1. The highest BCUT2D eigenvalue weighted by Crippen LogP contribution is 2.32. The number of rotatable bonds is 2. The van der Waals surface area contributed by atoms with Crippen LogP contribution in [-0.4, -0.2) is 31.6 Å². The van der Waals surface area contributed by atoms with Gasteiger partial charge in [-0.25, -0.2) is 4.79 Å². The van der Waals surface area contributed by atoms with Gasteiger partial charge in [0, 0.05) is 23.6 Å². The van der Waals surface area contributed by atoms with Crippen LogP contribution in [-0.2, 0) is 0 Å². The van der Waals surface area contributed by atoms with Crippen LogP contribution < -0.4 is 10.1 Å². The highest BCUT2D eigenvalue weighted by atomic mass is 79.9. The Hall–Kier alpha value is -1.23. The van der Waals surface area contributed by atoms with E-state index in [-0.39, 0.29) is 12.1 Å². The number of benzene rings is 1. The van der Waals surface area contributed by atoms with Crippen LogP contribution >= 0.6 is 15.9 Å². The third kappa shape index (κ3) is 1.87. The van der Waals surface area contributed by atoms with Crippen molar-refractivity contribution in [2.75, 3.05) is 20.7 Å². The summed E-state index contributed by atoms with van der Waals surface area (Å²) in [6.45, 7) is 0.613. The Morgan fingerprint density at radius 1 is 1.56 bits per heavy atom. The van der Waals surface area contributed by atoms with Crippen LogP contribution in [0.5, 0.6) is 5.75 Å². The fourth-order valence-corrected chi connectivity index (χ4v) is 2.25. The number of halogens is 1. The van der Waals surface area contributed by atoms with Crippen LogP contribution in [0.3, 0.4) is 0 Å². The fraction of sp³-hybridized carbons (Fsp3) is 0.364. The number of ether oxygens (including phenoxy) is 1. The van der Waals surface area contributed by atoms with E-state index in [1.807, 2.05) is 18.2 Å². The lowest BCUT2D eigenvalue weighted by Crippen LogP contribution is -2.25. The van der Waals surface area contributed by atoms with Gasteiger partial charge in [-0.05, 0) is 18.2 Å². The predicted octanol–water partition coefficient (Wildman–Crippen LogP) is 2.15. The molecular formula is C11H13BrN2O2. The Bertz CT molecular complexity index is 422. The Morgan fingerprint density at radius 2 is 2.31 bits per heavy atom. The second kappa shape index (κ2) is 4.33. The summed E-state index contributed by atoms with van der Waals surface area (Å²) in [5.74, 6) is 0.802. The van der Waals surface area contributed by atoms with E-state index in [9.17, 15) is 4.79 Å². The number of hydrogen-bond acceptors (Lipinski definition) is 2. The van der Waals surface area contributed by atoms with Crippen LogP contribution in [0.1, 0.15) is 11.6 Å². The van der Waals surface area contributed by atoms with E-state index in [1.54, 1.807) is 19.1 Å². The van der Waals surface area contributed by atoms with E-state index in [0.29, 0.717) is 6.54 Å². The molecule has 86 valence electrons. The van der Waals surface area contributed by atoms with Crippen LogP contribution in [0.4, 0.5) is 4.79 Å². The third-order valence-corrected chi connectivity index (χ3v) is 3.28. The fourth-order valence-electron chi connectivity index (χ4n) is 1.87. The Balaban J connectivity index is 2.39. The van der Waals surface area contributed by atoms with E-state index >= 15 is 0 Å². The molecule has 5 heteroatoms. The normalized spacial score (nSPS) is 19.8. The first-order valence-electron chi connectivity index (χ1n) is 4.97. The van der Waals surface area contributed by atoms with Crippen LogP contribution in [0.15, 0.2) is 22.7 Å². The molecule has 1 N–H and O–H groups in total. The molecule has 1 aliphatic rings. The number of carbonyl (C=O) groups excluding carboxylic acids is 1. The van der Waals surface area contributed by atoms with Crippen LogP contribution in [0.2, 0.25) is 0 Å². The lowest BCUT2D eigenvalue weighted by Gasteiger charge is -2.20. The molecule has 1 saturated heterocycles. The van der Waals surface area contributed by atoms with Gasteiger partial charge in [-0.2, -0.15) is 0 Å². The molecule has 2 amide bonds. The van der Waals surface area contributed by atoms with Gasteiger partial charge in [0.15, 0.2) is 0 Å². The van der Waals surface area contributed by atoms with Gasteiger partial charge in [0.25, 0.3) is 0 Å². The quantitative estimate of drug-likeness (QED) is 0.904. The molecule has 0 aromatic heterocycles. The number of nitrogens with one attached hydrogen (secondary N) is 1. The summed E-state index contributed by atoms with van der Waals surface area (Å²) in [6, 6.07) is 5.79. The summed E-state index contributed by atoms with van der Waals surface area (Å²) in [5.41, 5.74) is 1.01. The molecule has 1 atom stereocenters. The van der Waals surface area contributed by atoms with Gasteiger partial charge in [0.05, 0.1) is 13.2 Å². The second-order valence-corrected chi connectivity index (χ2v) is 4.61. The zero-order valence-electron chi connectivity index (χ0n) is 9.16. The average Bonchev–Trinajstić information content (AvgIpc) is 2.60. The molecule has 0 bridgehead atoms. The smallest absolute Gasteiger partial charge is 0.317 e. The number of hydrogen-bond donors (Lipinski definition) is 1. The van der Waals surface area contributed by atoms with Gasteiger partial charge in [-0.1, -0.05) is 15.9 Å². The standard InChI is InChI=1S/C11H13BrN2O2/c1-14-9(6-13-11(14)15)8-5-7(12)3-4-10(8)16-2/h3-5,9H,6H2,1-2H3,(H,13,15). The SMILES string of the molecule is COc1ccc(Br)cc1C1CNC(=O)N1C. The van der Waals surface area contributed by atoms with Crippen molar-refractivity contribution in [3.05, 3.63) is 28.2 Å². The average molecular weight is 285 g/mol. The molecule has 16 heavy (non-hydrogen) atoms. The molecule has 2 rings (SSSR count). The lowest BCUT2D eigenvalue weighted by atomic mass is 10.1. The van der Waals surface area contributed by atoms with E-state index in [0.717, 1.165) is 15.8 Å². The van der Waals surface area contributed by atoms with Crippen molar-refractivity contribution in [2.24, 2.45) is 0 Å². The zero-order chi connectivity index (χ0) is 11.7. The van der Waals surface area contributed by atoms with Crippen molar-refractivity contribution < 1.29 is 9.53 Å². The number of urea groups is 1. The van der Waals surface area contributed by atoms with Gasteiger partial charge in [0.1, 0.15) is 5.75 Å². The first kappa shape index (κ1) is 11.3. The predicted molar refractivity (Wildman–Crippen MR) is 64.6 cm³/mol. The minimum Gasteiger partial charge on any atom is -0.496 e. The molecular weight excluding hydrogens is 272 g/mol. The van der Waals surface area contributed by atoms with E-state index < -0.39 is 0 Å².